The van der Waals surface area contributed by atoms with Crippen LogP contribution < -0.4 is 15.8 Å². The van der Waals surface area contributed by atoms with Crippen LogP contribution in [0, 0.1) is 5.92 Å². The largest absolute Gasteiger partial charge is 0.493 e. The van der Waals surface area contributed by atoms with Crippen LogP contribution >= 0.6 is 0 Å². The molecule has 0 atom stereocenters. The average Bonchev–Trinajstić information content (AvgIpc) is 2.37. The molecule has 1 aliphatic rings. The van der Waals surface area contributed by atoms with Crippen LogP contribution in [0.3, 0.4) is 0 Å². The normalized spacial score (nSPS) is 17.7. The Labute approximate surface area is 110 Å². The monoisotopic (exact) mass is 248 g/mol. The Morgan fingerprint density at radius 3 is 2.61 bits per heavy atom. The number of rotatable bonds is 4. The van der Waals surface area contributed by atoms with Gasteiger partial charge in [0, 0.05) is 11.1 Å². The van der Waals surface area contributed by atoms with E-state index in [0.717, 1.165) is 31.0 Å². The van der Waals surface area contributed by atoms with Gasteiger partial charge in [-0.15, -0.1) is 0 Å². The molecule has 0 saturated carbocycles. The van der Waals surface area contributed by atoms with Crippen LogP contribution in [-0.4, -0.2) is 19.7 Å². The summed E-state index contributed by atoms with van der Waals surface area (Å²) < 4.78 is 6.00. The minimum Gasteiger partial charge on any atom is -0.493 e. The molecule has 18 heavy (non-hydrogen) atoms. The van der Waals surface area contributed by atoms with Crippen molar-refractivity contribution >= 4 is 0 Å². The van der Waals surface area contributed by atoms with E-state index in [9.17, 15) is 0 Å². The third-order valence-corrected chi connectivity index (χ3v) is 3.51. The van der Waals surface area contributed by atoms with Crippen molar-refractivity contribution in [3.63, 3.8) is 0 Å². The zero-order chi connectivity index (χ0) is 13.0. The van der Waals surface area contributed by atoms with Gasteiger partial charge in [0.05, 0.1) is 6.61 Å². The molecule has 2 rings (SSSR count). The molecule has 1 heterocycles. The van der Waals surface area contributed by atoms with Gasteiger partial charge in [-0.25, -0.2) is 0 Å². The number of benzene rings is 1. The van der Waals surface area contributed by atoms with Crippen LogP contribution in [0.2, 0.25) is 0 Å². The molecule has 1 aromatic carbocycles. The van der Waals surface area contributed by atoms with E-state index in [1.165, 1.54) is 12.8 Å². The second-order valence-corrected chi connectivity index (χ2v) is 5.72. The van der Waals surface area contributed by atoms with Crippen molar-refractivity contribution in [1.29, 1.82) is 0 Å². The summed E-state index contributed by atoms with van der Waals surface area (Å²) in [4.78, 5) is 0. The van der Waals surface area contributed by atoms with Crippen molar-refractivity contribution in [1.82, 2.24) is 5.32 Å². The van der Waals surface area contributed by atoms with Gasteiger partial charge in [-0.3, -0.25) is 0 Å². The molecule has 0 aromatic heterocycles. The average molecular weight is 248 g/mol. The van der Waals surface area contributed by atoms with E-state index in [-0.39, 0.29) is 5.54 Å². The molecule has 3 heteroatoms. The van der Waals surface area contributed by atoms with Gasteiger partial charge in [0.2, 0.25) is 0 Å². The van der Waals surface area contributed by atoms with Gasteiger partial charge in [-0.1, -0.05) is 18.2 Å². The molecule has 0 aliphatic carbocycles. The zero-order valence-electron chi connectivity index (χ0n) is 11.4. The first-order chi connectivity index (χ1) is 8.57. The lowest BCUT2D eigenvalue weighted by Gasteiger charge is -2.26. The van der Waals surface area contributed by atoms with E-state index in [1.54, 1.807) is 0 Å². The SMILES string of the molecule is CC(C)(N)c1ccccc1OCC1CCNCC1. The van der Waals surface area contributed by atoms with E-state index < -0.39 is 0 Å². The number of nitrogens with two attached hydrogens (primary N) is 1. The predicted octanol–water partition coefficient (Wildman–Crippen LogP) is 2.26. The lowest BCUT2D eigenvalue weighted by atomic mass is 9.94. The number of nitrogens with one attached hydrogen (secondary N) is 1. The van der Waals surface area contributed by atoms with E-state index in [2.05, 4.69) is 11.4 Å². The van der Waals surface area contributed by atoms with Gasteiger partial charge < -0.3 is 15.8 Å². The molecular weight excluding hydrogens is 224 g/mol. The fraction of sp³-hybridized carbons (Fsp3) is 0.600. The predicted molar refractivity (Wildman–Crippen MR) is 74.7 cm³/mol. The topological polar surface area (TPSA) is 47.3 Å². The second kappa shape index (κ2) is 5.72. The number of hydrogen-bond donors (Lipinski definition) is 2. The van der Waals surface area contributed by atoms with Crippen LogP contribution in [0.4, 0.5) is 0 Å². The molecule has 1 fully saturated rings. The highest BCUT2D eigenvalue weighted by Crippen LogP contribution is 2.28. The van der Waals surface area contributed by atoms with Crippen LogP contribution in [0.15, 0.2) is 24.3 Å². The van der Waals surface area contributed by atoms with Crippen LogP contribution in [-0.2, 0) is 5.54 Å². The Hall–Kier alpha value is -1.06. The fourth-order valence-electron chi connectivity index (χ4n) is 2.38. The summed E-state index contributed by atoms with van der Waals surface area (Å²) in [5.41, 5.74) is 6.90. The summed E-state index contributed by atoms with van der Waals surface area (Å²) in [5.74, 6) is 1.60. The molecule has 0 amide bonds. The van der Waals surface area contributed by atoms with Crippen molar-refractivity contribution < 1.29 is 4.74 Å². The van der Waals surface area contributed by atoms with E-state index in [1.807, 2.05) is 32.0 Å². The minimum atomic E-state index is -0.356. The molecule has 1 aromatic rings. The van der Waals surface area contributed by atoms with Gasteiger partial charge in [0.15, 0.2) is 0 Å². The van der Waals surface area contributed by atoms with Gasteiger partial charge in [0.1, 0.15) is 5.75 Å². The Morgan fingerprint density at radius 2 is 1.94 bits per heavy atom. The lowest BCUT2D eigenvalue weighted by molar-refractivity contribution is 0.211. The third-order valence-electron chi connectivity index (χ3n) is 3.51. The maximum atomic E-state index is 6.18. The van der Waals surface area contributed by atoms with E-state index >= 15 is 0 Å². The summed E-state index contributed by atoms with van der Waals surface area (Å²) >= 11 is 0. The molecule has 0 spiro atoms. The Morgan fingerprint density at radius 1 is 1.28 bits per heavy atom. The van der Waals surface area contributed by atoms with Crippen molar-refractivity contribution in [2.75, 3.05) is 19.7 Å². The Balaban J connectivity index is 2.00. The molecule has 1 aliphatic heterocycles. The molecule has 3 N–H and O–H groups in total. The number of hydrogen-bond acceptors (Lipinski definition) is 3. The second-order valence-electron chi connectivity index (χ2n) is 5.72. The summed E-state index contributed by atoms with van der Waals surface area (Å²) in [7, 11) is 0. The standard InChI is InChI=1S/C15H24N2O/c1-15(2,16)13-5-3-4-6-14(13)18-11-12-7-9-17-10-8-12/h3-6,12,17H,7-11,16H2,1-2H3. The molecule has 3 nitrogen and oxygen atoms in total. The highest BCUT2D eigenvalue weighted by molar-refractivity contribution is 5.38. The van der Waals surface area contributed by atoms with E-state index in [0.29, 0.717) is 5.92 Å². The molecular formula is C15H24N2O. The Kier molecular flexibility index (Phi) is 4.25. The van der Waals surface area contributed by atoms with Gasteiger partial charge in [-0.2, -0.15) is 0 Å². The summed E-state index contributed by atoms with van der Waals surface area (Å²) in [6.07, 6.45) is 2.41. The number of piperidine rings is 1. The maximum Gasteiger partial charge on any atom is 0.124 e. The first-order valence-corrected chi connectivity index (χ1v) is 6.79. The molecule has 100 valence electrons. The molecule has 1 saturated heterocycles. The van der Waals surface area contributed by atoms with Crippen molar-refractivity contribution in [2.24, 2.45) is 11.7 Å². The Bertz CT molecular complexity index is 378. The van der Waals surface area contributed by atoms with Gasteiger partial charge >= 0.3 is 0 Å². The summed E-state index contributed by atoms with van der Waals surface area (Å²) in [6, 6.07) is 8.09. The van der Waals surface area contributed by atoms with Crippen LogP contribution in [0.5, 0.6) is 5.75 Å². The molecule has 0 bridgehead atoms. The third kappa shape index (κ3) is 3.47. The summed E-state index contributed by atoms with van der Waals surface area (Å²) in [6.45, 7) is 7.05. The van der Waals surface area contributed by atoms with Crippen LogP contribution in [0.1, 0.15) is 32.3 Å². The van der Waals surface area contributed by atoms with Crippen molar-refractivity contribution in [2.45, 2.75) is 32.2 Å². The fourth-order valence-corrected chi connectivity index (χ4v) is 2.38. The van der Waals surface area contributed by atoms with Crippen molar-refractivity contribution in [3.05, 3.63) is 29.8 Å². The maximum absolute atomic E-state index is 6.18. The van der Waals surface area contributed by atoms with Gasteiger partial charge in [0.25, 0.3) is 0 Å². The number of ether oxygens (including phenoxy) is 1. The first kappa shape index (κ1) is 13.4. The van der Waals surface area contributed by atoms with Gasteiger partial charge in [-0.05, 0) is 51.8 Å². The van der Waals surface area contributed by atoms with E-state index in [4.69, 9.17) is 10.5 Å². The molecule has 0 unspecified atom stereocenters. The number of para-hydroxylation sites is 1. The zero-order valence-corrected chi connectivity index (χ0v) is 11.4. The quantitative estimate of drug-likeness (QED) is 0.859. The lowest BCUT2D eigenvalue weighted by Crippen LogP contribution is -2.32. The smallest absolute Gasteiger partial charge is 0.124 e. The van der Waals surface area contributed by atoms with Crippen molar-refractivity contribution in [3.8, 4) is 5.75 Å². The summed E-state index contributed by atoms with van der Waals surface area (Å²) in [5, 5.41) is 3.37. The van der Waals surface area contributed by atoms with Crippen LogP contribution in [0.25, 0.3) is 0 Å². The highest BCUT2D eigenvalue weighted by atomic mass is 16.5. The first-order valence-electron chi connectivity index (χ1n) is 6.79. The highest BCUT2D eigenvalue weighted by Gasteiger charge is 2.20. The molecule has 0 radical (unpaired) electrons. The minimum absolute atomic E-state index is 0.356.